The summed E-state index contributed by atoms with van der Waals surface area (Å²) < 4.78 is 14.2. The van der Waals surface area contributed by atoms with Gasteiger partial charge in [-0.15, -0.1) is 0 Å². The average molecular weight is 332 g/mol. The molecule has 23 heavy (non-hydrogen) atoms. The van der Waals surface area contributed by atoms with Gasteiger partial charge in [0.05, 0.1) is 12.1 Å². The number of aryl methyl sites for hydroxylation is 1. The van der Waals surface area contributed by atoms with Crippen LogP contribution in [-0.2, 0) is 18.1 Å². The molecule has 1 heterocycles. The minimum absolute atomic E-state index is 0.225. The van der Waals surface area contributed by atoms with Gasteiger partial charge in [-0.25, -0.2) is 0 Å². The summed E-state index contributed by atoms with van der Waals surface area (Å²) in [4.78, 5) is 0. The van der Waals surface area contributed by atoms with Gasteiger partial charge in [0.1, 0.15) is 12.4 Å². The highest BCUT2D eigenvalue weighted by atomic mass is 28.4. The van der Waals surface area contributed by atoms with Gasteiger partial charge in [0.15, 0.2) is 8.32 Å². The van der Waals surface area contributed by atoms with Gasteiger partial charge in [0.2, 0.25) is 0 Å². The third-order valence-corrected chi connectivity index (χ3v) is 9.35. The molecule has 0 saturated carbocycles. The molecule has 0 aliphatic heterocycles. The second kappa shape index (κ2) is 6.54. The van der Waals surface area contributed by atoms with Crippen LogP contribution in [0.1, 0.15) is 26.5 Å². The van der Waals surface area contributed by atoms with Crippen molar-refractivity contribution in [2.75, 3.05) is 6.61 Å². The smallest absolute Gasteiger partial charge is 0.192 e. The maximum absolute atomic E-state index is 6.36. The van der Waals surface area contributed by atoms with Gasteiger partial charge in [-0.3, -0.25) is 0 Å². The van der Waals surface area contributed by atoms with Crippen LogP contribution in [0.3, 0.4) is 0 Å². The summed E-state index contributed by atoms with van der Waals surface area (Å²) in [6.45, 7) is 16.2. The van der Waals surface area contributed by atoms with E-state index < -0.39 is 8.32 Å². The van der Waals surface area contributed by atoms with Crippen molar-refractivity contribution in [2.45, 2.75) is 45.5 Å². The Morgan fingerprint density at radius 3 is 2.52 bits per heavy atom. The van der Waals surface area contributed by atoms with Crippen LogP contribution in [0.4, 0.5) is 0 Å². The second-order valence-corrected chi connectivity index (χ2v) is 12.4. The second-order valence-electron chi connectivity index (χ2n) is 7.56. The Balaban J connectivity index is 2.22. The molecule has 0 atom stereocenters. The molecule has 1 aromatic heterocycles. The first-order valence-electron chi connectivity index (χ1n) is 8.12. The summed E-state index contributed by atoms with van der Waals surface area (Å²) in [6, 6.07) is 8.39. The van der Waals surface area contributed by atoms with Crippen LogP contribution in [0.2, 0.25) is 18.1 Å². The summed E-state index contributed by atoms with van der Waals surface area (Å²) >= 11 is 0. The SMILES string of the molecule is C=CCOc1ccc2cc(CO[Si](C)(C)C(C)(C)C)n(C)c2c1. The van der Waals surface area contributed by atoms with Gasteiger partial charge in [0.25, 0.3) is 0 Å². The Morgan fingerprint density at radius 2 is 1.91 bits per heavy atom. The lowest BCUT2D eigenvalue weighted by atomic mass is 10.2. The summed E-state index contributed by atoms with van der Waals surface area (Å²) in [7, 11) is 0.350. The summed E-state index contributed by atoms with van der Waals surface area (Å²) in [5.41, 5.74) is 2.37. The van der Waals surface area contributed by atoms with Crippen LogP contribution in [0, 0.1) is 0 Å². The van der Waals surface area contributed by atoms with E-state index >= 15 is 0 Å². The van der Waals surface area contributed by atoms with E-state index in [2.05, 4.69) is 70.3 Å². The van der Waals surface area contributed by atoms with Gasteiger partial charge in [-0.2, -0.15) is 0 Å². The molecule has 2 rings (SSSR count). The molecule has 0 amide bonds. The zero-order valence-electron chi connectivity index (χ0n) is 15.3. The molecule has 0 spiro atoms. The third-order valence-electron chi connectivity index (χ3n) is 4.87. The number of fused-ring (bicyclic) bond motifs is 1. The number of benzene rings is 1. The molecule has 4 heteroatoms. The van der Waals surface area contributed by atoms with Gasteiger partial charge in [-0.1, -0.05) is 33.4 Å². The van der Waals surface area contributed by atoms with Crippen molar-refractivity contribution in [2.24, 2.45) is 7.05 Å². The summed E-state index contributed by atoms with van der Waals surface area (Å²) in [6.07, 6.45) is 1.76. The fourth-order valence-corrected chi connectivity index (χ4v) is 3.16. The van der Waals surface area contributed by atoms with Crippen molar-refractivity contribution in [1.29, 1.82) is 0 Å². The first-order chi connectivity index (χ1) is 10.7. The lowest BCUT2D eigenvalue weighted by Crippen LogP contribution is -2.40. The third kappa shape index (κ3) is 3.87. The Bertz CT molecular complexity index is 695. The lowest BCUT2D eigenvalue weighted by Gasteiger charge is -2.36. The van der Waals surface area contributed by atoms with E-state index in [1.807, 2.05) is 6.07 Å². The molecule has 0 unspecified atom stereocenters. The van der Waals surface area contributed by atoms with Crippen LogP contribution in [0.25, 0.3) is 10.9 Å². The summed E-state index contributed by atoms with van der Waals surface area (Å²) in [5.74, 6) is 0.871. The first-order valence-corrected chi connectivity index (χ1v) is 11.0. The molecular weight excluding hydrogens is 302 g/mol. The number of ether oxygens (including phenoxy) is 1. The minimum Gasteiger partial charge on any atom is -0.489 e. The van der Waals surface area contributed by atoms with E-state index in [0.29, 0.717) is 13.2 Å². The minimum atomic E-state index is -1.74. The van der Waals surface area contributed by atoms with Crippen molar-refractivity contribution in [3.05, 3.63) is 42.6 Å². The summed E-state index contributed by atoms with van der Waals surface area (Å²) in [5, 5.41) is 1.44. The molecule has 0 saturated heterocycles. The highest BCUT2D eigenvalue weighted by Gasteiger charge is 2.37. The van der Waals surface area contributed by atoms with Crippen molar-refractivity contribution in [3.8, 4) is 5.75 Å². The predicted molar refractivity (Wildman–Crippen MR) is 101 cm³/mol. The van der Waals surface area contributed by atoms with E-state index in [1.165, 1.54) is 16.6 Å². The number of hydrogen-bond donors (Lipinski definition) is 0. The van der Waals surface area contributed by atoms with Crippen LogP contribution in [0.15, 0.2) is 36.9 Å². The maximum atomic E-state index is 6.36. The van der Waals surface area contributed by atoms with Crippen molar-refractivity contribution in [3.63, 3.8) is 0 Å². The highest BCUT2D eigenvalue weighted by molar-refractivity contribution is 6.74. The standard InChI is InChI=1S/C19H29NO2Si/c1-8-11-21-17-10-9-15-12-16(20(5)18(15)13-17)14-22-23(6,7)19(2,3)4/h8-10,12-13H,1,11,14H2,2-7H3. The monoisotopic (exact) mass is 331 g/mol. The zero-order valence-corrected chi connectivity index (χ0v) is 16.3. The van der Waals surface area contributed by atoms with Crippen LogP contribution < -0.4 is 4.74 Å². The zero-order chi connectivity index (χ0) is 17.3. The van der Waals surface area contributed by atoms with E-state index in [0.717, 1.165) is 5.75 Å². The van der Waals surface area contributed by atoms with E-state index in [9.17, 15) is 0 Å². The number of rotatable bonds is 6. The molecule has 0 fully saturated rings. The van der Waals surface area contributed by atoms with E-state index in [1.54, 1.807) is 6.08 Å². The fourth-order valence-electron chi connectivity index (χ4n) is 2.22. The lowest BCUT2D eigenvalue weighted by molar-refractivity contribution is 0.269. The molecule has 0 aliphatic carbocycles. The molecule has 0 bridgehead atoms. The molecule has 1 aromatic carbocycles. The Kier molecular flexibility index (Phi) is 5.06. The van der Waals surface area contributed by atoms with E-state index in [4.69, 9.17) is 9.16 Å². The normalized spacial score (nSPS) is 12.6. The largest absolute Gasteiger partial charge is 0.489 e. The van der Waals surface area contributed by atoms with Crippen LogP contribution in [0.5, 0.6) is 5.75 Å². The molecular formula is C19H29NO2Si. The van der Waals surface area contributed by atoms with Crippen molar-refractivity contribution < 1.29 is 9.16 Å². The van der Waals surface area contributed by atoms with Gasteiger partial charge >= 0.3 is 0 Å². The van der Waals surface area contributed by atoms with Crippen LogP contribution >= 0.6 is 0 Å². The highest BCUT2D eigenvalue weighted by Crippen LogP contribution is 2.37. The topological polar surface area (TPSA) is 23.4 Å². The average Bonchev–Trinajstić information content (AvgIpc) is 2.78. The molecule has 2 aromatic rings. The van der Waals surface area contributed by atoms with E-state index in [-0.39, 0.29) is 5.04 Å². The maximum Gasteiger partial charge on any atom is 0.192 e. The Hall–Kier alpha value is -1.52. The molecule has 0 radical (unpaired) electrons. The Labute approximate surface area is 141 Å². The fraction of sp³-hybridized carbons (Fsp3) is 0.474. The predicted octanol–water partition coefficient (Wildman–Crippen LogP) is 5.26. The molecule has 0 aliphatic rings. The van der Waals surface area contributed by atoms with Gasteiger partial charge < -0.3 is 13.7 Å². The quantitative estimate of drug-likeness (QED) is 0.532. The number of aromatic nitrogens is 1. The first kappa shape index (κ1) is 17.8. The van der Waals surface area contributed by atoms with Crippen molar-refractivity contribution in [1.82, 2.24) is 4.57 Å². The number of hydrogen-bond acceptors (Lipinski definition) is 2. The number of nitrogens with zero attached hydrogens (tertiary/aromatic N) is 1. The van der Waals surface area contributed by atoms with Gasteiger partial charge in [-0.05, 0) is 36.3 Å². The van der Waals surface area contributed by atoms with Crippen LogP contribution in [-0.4, -0.2) is 19.5 Å². The van der Waals surface area contributed by atoms with Crippen molar-refractivity contribution >= 4 is 19.2 Å². The molecule has 0 N–H and O–H groups in total. The molecule has 3 nitrogen and oxygen atoms in total. The Morgan fingerprint density at radius 1 is 1.22 bits per heavy atom. The van der Waals surface area contributed by atoms with Gasteiger partial charge in [0, 0.05) is 24.2 Å². The molecule has 126 valence electrons.